The SMILES string of the molecule is CC1OC2[C@@H](O1)OC(C)[C@@H](C)[C@@H]2C. The number of hydrogen-bond donors (Lipinski definition) is 0. The topological polar surface area (TPSA) is 27.7 Å². The van der Waals surface area contributed by atoms with Gasteiger partial charge in [0.05, 0.1) is 6.10 Å². The van der Waals surface area contributed by atoms with E-state index in [1.54, 1.807) is 0 Å². The van der Waals surface area contributed by atoms with Crippen LogP contribution in [0.25, 0.3) is 0 Å². The lowest BCUT2D eigenvalue weighted by atomic mass is 9.84. The summed E-state index contributed by atoms with van der Waals surface area (Å²) in [4.78, 5) is 0. The van der Waals surface area contributed by atoms with Gasteiger partial charge in [0.1, 0.15) is 6.10 Å². The van der Waals surface area contributed by atoms with Crippen molar-refractivity contribution in [1.29, 1.82) is 0 Å². The molecule has 0 saturated carbocycles. The summed E-state index contributed by atoms with van der Waals surface area (Å²) in [5, 5.41) is 0. The average Bonchev–Trinajstić information content (AvgIpc) is 2.42. The van der Waals surface area contributed by atoms with Crippen molar-refractivity contribution in [2.24, 2.45) is 11.8 Å². The van der Waals surface area contributed by atoms with Crippen LogP contribution in [-0.2, 0) is 14.2 Å². The summed E-state index contributed by atoms with van der Waals surface area (Å²) in [6.45, 7) is 8.44. The molecule has 0 amide bonds. The Morgan fingerprint density at radius 1 is 0.769 bits per heavy atom. The summed E-state index contributed by atoms with van der Waals surface area (Å²) in [5.74, 6) is 1.05. The van der Waals surface area contributed by atoms with Gasteiger partial charge in [-0.1, -0.05) is 13.8 Å². The normalized spacial score (nSPS) is 56.3. The van der Waals surface area contributed by atoms with Crippen molar-refractivity contribution in [2.75, 3.05) is 0 Å². The summed E-state index contributed by atoms with van der Waals surface area (Å²) in [7, 11) is 0. The number of hydrogen-bond acceptors (Lipinski definition) is 3. The van der Waals surface area contributed by atoms with E-state index in [0.29, 0.717) is 11.8 Å². The summed E-state index contributed by atoms with van der Waals surface area (Å²) >= 11 is 0. The Morgan fingerprint density at radius 3 is 2.15 bits per heavy atom. The largest absolute Gasteiger partial charge is 0.347 e. The van der Waals surface area contributed by atoms with Gasteiger partial charge in [-0.3, -0.25) is 0 Å². The number of rotatable bonds is 0. The highest BCUT2D eigenvalue weighted by atomic mass is 16.8. The van der Waals surface area contributed by atoms with Gasteiger partial charge in [-0.15, -0.1) is 0 Å². The lowest BCUT2D eigenvalue weighted by molar-refractivity contribution is -0.205. The quantitative estimate of drug-likeness (QED) is 0.577. The Hall–Kier alpha value is -0.120. The molecule has 2 aliphatic heterocycles. The molecule has 2 aliphatic rings. The molecule has 0 bridgehead atoms. The molecule has 0 N–H and O–H groups in total. The molecule has 6 atom stereocenters. The van der Waals surface area contributed by atoms with Crippen LogP contribution in [0.2, 0.25) is 0 Å². The van der Waals surface area contributed by atoms with E-state index in [2.05, 4.69) is 20.8 Å². The van der Waals surface area contributed by atoms with E-state index in [0.717, 1.165) is 0 Å². The van der Waals surface area contributed by atoms with E-state index in [9.17, 15) is 0 Å². The van der Waals surface area contributed by atoms with Gasteiger partial charge in [0, 0.05) is 0 Å². The van der Waals surface area contributed by atoms with Crippen molar-refractivity contribution < 1.29 is 14.2 Å². The second kappa shape index (κ2) is 3.23. The molecule has 13 heavy (non-hydrogen) atoms. The van der Waals surface area contributed by atoms with Crippen molar-refractivity contribution in [1.82, 2.24) is 0 Å². The molecule has 3 heteroatoms. The molecular formula is C10H18O3. The Morgan fingerprint density at radius 2 is 1.46 bits per heavy atom. The van der Waals surface area contributed by atoms with Gasteiger partial charge < -0.3 is 14.2 Å². The molecule has 3 nitrogen and oxygen atoms in total. The molecule has 0 aromatic carbocycles. The van der Waals surface area contributed by atoms with Crippen LogP contribution in [0, 0.1) is 11.8 Å². The van der Waals surface area contributed by atoms with Gasteiger partial charge in [-0.2, -0.15) is 0 Å². The van der Waals surface area contributed by atoms with Crippen LogP contribution in [0.1, 0.15) is 27.7 Å². The van der Waals surface area contributed by atoms with E-state index >= 15 is 0 Å². The van der Waals surface area contributed by atoms with Crippen molar-refractivity contribution >= 4 is 0 Å². The Labute approximate surface area is 79.4 Å². The summed E-state index contributed by atoms with van der Waals surface area (Å²) in [5.41, 5.74) is 0. The monoisotopic (exact) mass is 186 g/mol. The van der Waals surface area contributed by atoms with Gasteiger partial charge in [0.25, 0.3) is 0 Å². The third kappa shape index (κ3) is 1.49. The van der Waals surface area contributed by atoms with Gasteiger partial charge >= 0.3 is 0 Å². The molecule has 76 valence electrons. The first-order valence-electron chi connectivity index (χ1n) is 5.06. The van der Waals surface area contributed by atoms with Gasteiger partial charge in [0.2, 0.25) is 0 Å². The number of ether oxygens (including phenoxy) is 3. The molecule has 2 heterocycles. The first-order chi connectivity index (χ1) is 6.09. The maximum atomic E-state index is 5.72. The van der Waals surface area contributed by atoms with Crippen LogP contribution >= 0.6 is 0 Å². The third-order valence-corrected chi connectivity index (χ3v) is 3.38. The van der Waals surface area contributed by atoms with Crippen LogP contribution in [0.3, 0.4) is 0 Å². The van der Waals surface area contributed by atoms with Crippen molar-refractivity contribution in [3.63, 3.8) is 0 Å². The van der Waals surface area contributed by atoms with E-state index in [1.165, 1.54) is 0 Å². The predicted molar refractivity (Wildman–Crippen MR) is 48.1 cm³/mol. The second-order valence-corrected chi connectivity index (χ2v) is 4.23. The molecule has 0 aliphatic carbocycles. The van der Waals surface area contributed by atoms with E-state index < -0.39 is 0 Å². The minimum atomic E-state index is -0.142. The molecule has 0 spiro atoms. The molecule has 0 aromatic rings. The maximum Gasteiger partial charge on any atom is 0.187 e. The van der Waals surface area contributed by atoms with Crippen LogP contribution in [0.5, 0.6) is 0 Å². The zero-order valence-electron chi connectivity index (χ0n) is 8.69. The van der Waals surface area contributed by atoms with Gasteiger partial charge in [-0.05, 0) is 25.7 Å². The average molecular weight is 186 g/mol. The standard InChI is InChI=1S/C10H18O3/c1-5-6(2)9-10(11-7(5)3)13-8(4)12-9/h5-10H,1-4H3/t5-,6-,7?,8?,9?,10+/m0/s1. The molecule has 2 rings (SSSR count). The molecule has 0 radical (unpaired) electrons. The van der Waals surface area contributed by atoms with Crippen molar-refractivity contribution in [3.8, 4) is 0 Å². The summed E-state index contributed by atoms with van der Waals surface area (Å²) in [6.07, 6.45) is 0.137. The van der Waals surface area contributed by atoms with Crippen molar-refractivity contribution in [3.05, 3.63) is 0 Å². The molecule has 3 unspecified atom stereocenters. The molecule has 2 saturated heterocycles. The first kappa shape index (κ1) is 9.44. The lowest BCUT2D eigenvalue weighted by Crippen LogP contribution is -2.46. The smallest absolute Gasteiger partial charge is 0.187 e. The fourth-order valence-corrected chi connectivity index (χ4v) is 2.13. The van der Waals surface area contributed by atoms with Gasteiger partial charge in [0.15, 0.2) is 12.6 Å². The molecule has 2 fully saturated rings. The maximum absolute atomic E-state index is 5.72. The third-order valence-electron chi connectivity index (χ3n) is 3.38. The summed E-state index contributed by atoms with van der Waals surface area (Å²) < 4.78 is 16.9. The van der Waals surface area contributed by atoms with Crippen LogP contribution in [-0.4, -0.2) is 24.8 Å². The minimum Gasteiger partial charge on any atom is -0.347 e. The first-order valence-corrected chi connectivity index (χ1v) is 5.06. The summed E-state index contributed by atoms with van der Waals surface area (Å²) in [6, 6.07) is 0. The fourth-order valence-electron chi connectivity index (χ4n) is 2.13. The van der Waals surface area contributed by atoms with Gasteiger partial charge in [-0.25, -0.2) is 0 Å². The zero-order valence-corrected chi connectivity index (χ0v) is 8.69. The predicted octanol–water partition coefficient (Wildman–Crippen LogP) is 1.76. The Kier molecular flexibility index (Phi) is 2.34. The zero-order chi connectivity index (χ0) is 9.59. The highest BCUT2D eigenvalue weighted by molar-refractivity contribution is 4.86. The molecule has 0 aromatic heterocycles. The van der Waals surface area contributed by atoms with Crippen LogP contribution in [0.15, 0.2) is 0 Å². The van der Waals surface area contributed by atoms with Crippen LogP contribution in [0.4, 0.5) is 0 Å². The van der Waals surface area contributed by atoms with E-state index in [4.69, 9.17) is 14.2 Å². The Bertz CT molecular complexity index is 193. The Balaban J connectivity index is 2.11. The highest BCUT2D eigenvalue weighted by Crippen LogP contribution is 2.37. The van der Waals surface area contributed by atoms with E-state index in [-0.39, 0.29) is 24.8 Å². The highest BCUT2D eigenvalue weighted by Gasteiger charge is 2.46. The lowest BCUT2D eigenvalue weighted by Gasteiger charge is -2.38. The van der Waals surface area contributed by atoms with Crippen LogP contribution < -0.4 is 0 Å². The second-order valence-electron chi connectivity index (χ2n) is 4.23. The molecular weight excluding hydrogens is 168 g/mol. The van der Waals surface area contributed by atoms with E-state index in [1.807, 2.05) is 6.92 Å². The fraction of sp³-hybridized carbons (Fsp3) is 1.00. The minimum absolute atomic E-state index is 0.116. The van der Waals surface area contributed by atoms with Crippen molar-refractivity contribution in [2.45, 2.75) is 52.5 Å². The number of fused-ring (bicyclic) bond motifs is 1.